The molecule has 3 aliphatic rings. The Bertz CT molecular complexity index is 4070. The molecule has 3 aliphatic carbocycles. The summed E-state index contributed by atoms with van der Waals surface area (Å²) in [6, 6.07) is 65.9. The van der Waals surface area contributed by atoms with E-state index < -0.39 is 56.6 Å². The van der Waals surface area contributed by atoms with E-state index >= 15 is 0 Å². The molecule has 5 amide bonds. The zero-order valence-electron chi connectivity index (χ0n) is 57.8. The van der Waals surface area contributed by atoms with Crippen LogP contribution in [0.5, 0.6) is 0 Å². The number of carbonyl (C=O) groups excluding carboxylic acids is 6. The second-order valence-corrected chi connectivity index (χ2v) is 30.5. The fourth-order valence-corrected chi connectivity index (χ4v) is 13.4. The second kappa shape index (κ2) is 34.1. The molecule has 19 nitrogen and oxygen atoms in total. The van der Waals surface area contributed by atoms with Crippen molar-refractivity contribution < 1.29 is 67.2 Å². The molecular formula is C80H87N5O14Si. The van der Waals surface area contributed by atoms with Crippen molar-refractivity contribution >= 4 is 56.3 Å². The number of fused-ring (bicyclic) bond motifs is 9. The predicted molar refractivity (Wildman–Crippen MR) is 385 cm³/mol. The summed E-state index contributed by atoms with van der Waals surface area (Å²) in [5, 5.41) is 18.3. The maximum absolute atomic E-state index is 13.2. The van der Waals surface area contributed by atoms with E-state index in [0.717, 1.165) is 55.6 Å². The third kappa shape index (κ3) is 18.7. The van der Waals surface area contributed by atoms with Crippen molar-refractivity contribution in [3.05, 3.63) is 251 Å². The van der Waals surface area contributed by atoms with Crippen LogP contribution in [0.25, 0.3) is 33.4 Å². The number of rotatable bonds is 24. The van der Waals surface area contributed by atoms with Crippen LogP contribution < -0.4 is 0 Å². The number of carbonyl (C=O) groups is 8. The molecule has 0 bridgehead atoms. The molecule has 0 radical (unpaired) electrons. The lowest BCUT2D eigenvalue weighted by Gasteiger charge is -2.30. The molecule has 8 aromatic rings. The lowest BCUT2D eigenvalue weighted by Crippen LogP contribution is -2.48. The number of ether oxygens (including phenoxy) is 3. The summed E-state index contributed by atoms with van der Waals surface area (Å²) < 4.78 is 22.5. The Balaban J connectivity index is 0.000000180. The number of carboxylic acid groups (broad SMARTS) is 2. The van der Waals surface area contributed by atoms with Gasteiger partial charge in [-0.1, -0.05) is 206 Å². The third-order valence-corrected chi connectivity index (χ3v) is 19.0. The summed E-state index contributed by atoms with van der Waals surface area (Å²) >= 11 is 0. The molecule has 520 valence electrons. The van der Waals surface area contributed by atoms with Crippen molar-refractivity contribution in [2.75, 3.05) is 74.7 Å². The summed E-state index contributed by atoms with van der Waals surface area (Å²) in [6.45, 7) is 6.89. The van der Waals surface area contributed by atoms with Gasteiger partial charge in [0.1, 0.15) is 31.9 Å². The van der Waals surface area contributed by atoms with E-state index in [1.54, 1.807) is 28.2 Å². The van der Waals surface area contributed by atoms with E-state index in [1.807, 2.05) is 153 Å². The van der Waals surface area contributed by atoms with Crippen molar-refractivity contribution in [1.29, 1.82) is 0 Å². The summed E-state index contributed by atoms with van der Waals surface area (Å²) in [7, 11) is 5.69. The van der Waals surface area contributed by atoms with Crippen molar-refractivity contribution in [2.45, 2.75) is 81.6 Å². The minimum Gasteiger partial charge on any atom is -0.518 e. The summed E-state index contributed by atoms with van der Waals surface area (Å²) in [6.07, 6.45) is -0.991. The van der Waals surface area contributed by atoms with E-state index in [0.29, 0.717) is 6.42 Å². The Morgan fingerprint density at radius 2 is 0.630 bits per heavy atom. The van der Waals surface area contributed by atoms with Crippen molar-refractivity contribution in [3.8, 4) is 33.4 Å². The number of likely N-dealkylation sites (N-methyl/N-ethyl adjacent to an activating group) is 2. The Kier molecular flexibility index (Phi) is 25.0. The van der Waals surface area contributed by atoms with E-state index in [-0.39, 0.29) is 94.7 Å². The highest BCUT2D eigenvalue weighted by Gasteiger charge is 2.36. The van der Waals surface area contributed by atoms with Crippen LogP contribution in [0.1, 0.15) is 81.5 Å². The highest BCUT2D eigenvalue weighted by Crippen LogP contribution is 2.47. The molecule has 0 aliphatic heterocycles. The first-order valence-corrected chi connectivity index (χ1v) is 36.8. The zero-order valence-corrected chi connectivity index (χ0v) is 58.8. The van der Waals surface area contributed by atoms with Gasteiger partial charge in [0.25, 0.3) is 0 Å². The quantitative estimate of drug-likeness (QED) is 0.0423. The van der Waals surface area contributed by atoms with Crippen LogP contribution >= 0.6 is 0 Å². The van der Waals surface area contributed by atoms with Gasteiger partial charge in [0.15, 0.2) is 0 Å². The fraction of sp³-hybridized carbons (Fsp3) is 0.300. The minimum absolute atomic E-state index is 0.00420. The first kappa shape index (κ1) is 73.4. The van der Waals surface area contributed by atoms with Gasteiger partial charge >= 0.3 is 36.2 Å². The number of aliphatic carboxylic acids is 2. The van der Waals surface area contributed by atoms with Crippen LogP contribution in [-0.2, 0) is 55.5 Å². The third-order valence-electron chi connectivity index (χ3n) is 18.2. The maximum Gasteiger partial charge on any atom is 0.409 e. The zero-order chi connectivity index (χ0) is 71.6. The first-order valence-electron chi connectivity index (χ1n) is 33.4. The van der Waals surface area contributed by atoms with Gasteiger partial charge in [-0.05, 0) is 97.5 Å². The topological polar surface area (TPSA) is 230 Å². The molecule has 0 aromatic heterocycles. The van der Waals surface area contributed by atoms with Gasteiger partial charge in [0.05, 0.1) is 6.42 Å². The van der Waals surface area contributed by atoms with E-state index in [9.17, 15) is 43.5 Å². The Morgan fingerprint density at radius 3 is 0.910 bits per heavy atom. The van der Waals surface area contributed by atoms with Gasteiger partial charge < -0.3 is 53.3 Å². The van der Waals surface area contributed by atoms with Gasteiger partial charge in [-0.15, -0.1) is 0 Å². The highest BCUT2D eigenvalue weighted by atomic mass is 28.4. The molecule has 20 heteroatoms. The van der Waals surface area contributed by atoms with Crippen LogP contribution in [-0.4, -0.2) is 178 Å². The summed E-state index contributed by atoms with van der Waals surface area (Å²) in [5.74, 6) is -3.07. The molecule has 0 heterocycles. The molecule has 0 saturated heterocycles. The molecule has 0 saturated carbocycles. The largest absolute Gasteiger partial charge is 0.518 e. The van der Waals surface area contributed by atoms with E-state index in [1.165, 1.54) is 53.8 Å². The standard InChI is InChI=1S/C32H38N2O5Si.C29H30N2O5.C19H19NO4/c1-33(32(37)38-22-28-26-17-11-9-15-24(26)25-16-10-12-18-27(25)28)20-19-30(35)34(2)29(31(36)39-40(3,4)5)21-23-13-7-6-8-14-23;1-30(17-16-27(32)31(2)26(28(33)34)18-20-10-4-3-5-11-20)29(35)36-19-25-23-14-8-6-12-21(23)22-13-7-9-15-24(22)25;1-20(11-10-18(21)22)19(23)24-12-17-15-8-4-2-6-13(15)14-7-3-5-9-16(14)17/h6-18,28-29H,19-22H2,1-5H3;3-15,25-26H,16-19H2,1-2H3,(H,33,34);2-9,17H,10-12H2,1H3,(H,21,22)/t29-;26-;/m00./s1. The number of hydrogen-bond donors (Lipinski definition) is 2. The van der Waals surface area contributed by atoms with E-state index in [4.69, 9.17) is 23.7 Å². The predicted octanol–water partition coefficient (Wildman–Crippen LogP) is 13.5. The lowest BCUT2D eigenvalue weighted by molar-refractivity contribution is -0.149. The monoisotopic (exact) mass is 1370 g/mol. The maximum atomic E-state index is 13.2. The number of benzene rings is 8. The molecule has 0 fully saturated rings. The van der Waals surface area contributed by atoms with Crippen LogP contribution in [0.4, 0.5) is 14.4 Å². The number of hydrogen-bond acceptors (Lipinski definition) is 12. The molecule has 8 aromatic carbocycles. The molecule has 2 atom stereocenters. The average molecular weight is 1370 g/mol. The molecule has 100 heavy (non-hydrogen) atoms. The highest BCUT2D eigenvalue weighted by molar-refractivity contribution is 6.71. The van der Waals surface area contributed by atoms with Gasteiger partial charge in [-0.2, -0.15) is 0 Å². The van der Waals surface area contributed by atoms with Crippen molar-refractivity contribution in [3.63, 3.8) is 0 Å². The van der Waals surface area contributed by atoms with Crippen LogP contribution in [0.3, 0.4) is 0 Å². The molecular weight excluding hydrogens is 1280 g/mol. The molecule has 2 N–H and O–H groups in total. The first-order chi connectivity index (χ1) is 48.0. The van der Waals surface area contributed by atoms with Crippen molar-refractivity contribution in [2.24, 2.45) is 0 Å². The summed E-state index contributed by atoms with van der Waals surface area (Å²) in [4.78, 5) is 106. The van der Waals surface area contributed by atoms with Gasteiger partial charge in [0.2, 0.25) is 20.1 Å². The lowest BCUT2D eigenvalue weighted by atomic mass is 9.98. The minimum atomic E-state index is -2.15. The molecule has 11 rings (SSSR count). The van der Waals surface area contributed by atoms with Gasteiger partial charge in [-0.3, -0.25) is 19.2 Å². The molecule has 0 unspecified atom stereocenters. The second-order valence-electron chi connectivity index (χ2n) is 26.1. The Morgan fingerprint density at radius 1 is 0.370 bits per heavy atom. The molecule has 0 spiro atoms. The van der Waals surface area contributed by atoms with Crippen LogP contribution in [0.2, 0.25) is 19.6 Å². The fourth-order valence-electron chi connectivity index (χ4n) is 12.7. The Hall–Kier alpha value is -10.9. The average Bonchev–Trinajstić information content (AvgIpc) is 1.70. The number of nitrogens with zero attached hydrogens (tertiary/aromatic N) is 5. The van der Waals surface area contributed by atoms with Crippen molar-refractivity contribution in [1.82, 2.24) is 24.5 Å². The van der Waals surface area contributed by atoms with Crippen LogP contribution in [0, 0.1) is 0 Å². The number of carboxylic acids is 2. The normalized spacial score (nSPS) is 12.8. The SMILES string of the molecule is CN(CCC(=O)N(C)[C@@H](Cc1ccccc1)C(=O)O)C(=O)OCC1c2ccccc2-c2ccccc21.CN(CCC(=O)N(C)[C@@H](Cc1ccccc1)C(=O)O[Si](C)(C)C)C(=O)OCC1c2ccccc2-c2ccccc21.CN(CCC(=O)O)C(=O)OCC1c2ccccc2-c2ccccc21. The smallest absolute Gasteiger partial charge is 0.409 e. The number of amides is 5. The van der Waals surface area contributed by atoms with E-state index in [2.05, 4.69) is 72.8 Å². The van der Waals surface area contributed by atoms with Crippen LogP contribution in [0.15, 0.2) is 206 Å². The van der Waals surface area contributed by atoms with Gasteiger partial charge in [-0.25, -0.2) is 19.2 Å². The van der Waals surface area contributed by atoms with Gasteiger partial charge in [0, 0.05) is 98.3 Å². The summed E-state index contributed by atoms with van der Waals surface area (Å²) in [5.41, 5.74) is 15.6. The Labute approximate surface area is 585 Å².